The van der Waals surface area contributed by atoms with Crippen molar-refractivity contribution in [3.63, 3.8) is 0 Å². The van der Waals surface area contributed by atoms with Gasteiger partial charge in [-0.3, -0.25) is 0 Å². The highest BCUT2D eigenvalue weighted by Gasteiger charge is 2.46. The molecular weight excluding hydrogens is 326 g/mol. The molecule has 0 saturated carbocycles. The molecular formula is C16H21N5O2S. The van der Waals surface area contributed by atoms with Gasteiger partial charge in [0.25, 0.3) is 10.0 Å². The lowest BCUT2D eigenvalue weighted by atomic mass is 9.78. The van der Waals surface area contributed by atoms with Crippen molar-refractivity contribution in [2.75, 3.05) is 13.1 Å². The Morgan fingerprint density at radius 1 is 1.25 bits per heavy atom. The molecule has 4 rings (SSSR count). The van der Waals surface area contributed by atoms with Crippen molar-refractivity contribution in [3.8, 4) is 0 Å². The Balaban J connectivity index is 1.70. The van der Waals surface area contributed by atoms with Crippen molar-refractivity contribution in [1.82, 2.24) is 23.8 Å². The average Bonchev–Trinajstić information content (AvgIpc) is 3.13. The highest BCUT2D eigenvalue weighted by atomic mass is 32.2. The van der Waals surface area contributed by atoms with Crippen LogP contribution < -0.4 is 0 Å². The van der Waals surface area contributed by atoms with Crippen LogP contribution in [0.1, 0.15) is 36.3 Å². The van der Waals surface area contributed by atoms with E-state index in [1.165, 1.54) is 6.33 Å². The molecule has 2 aliphatic rings. The number of aromatic nitrogens is 4. The zero-order valence-electron chi connectivity index (χ0n) is 13.9. The number of piperidine rings is 1. The van der Waals surface area contributed by atoms with Crippen LogP contribution in [0.2, 0.25) is 0 Å². The third-order valence-electron chi connectivity index (χ3n) is 5.19. The summed E-state index contributed by atoms with van der Waals surface area (Å²) in [7, 11) is -1.78. The Hall–Kier alpha value is -1.80. The van der Waals surface area contributed by atoms with Crippen LogP contribution in [0.25, 0.3) is 0 Å². The zero-order chi connectivity index (χ0) is 16.9. The second-order valence-electron chi connectivity index (χ2n) is 6.89. The minimum absolute atomic E-state index is 0.124. The first-order valence-corrected chi connectivity index (χ1v) is 9.66. The second kappa shape index (κ2) is 5.35. The number of rotatable bonds is 2. The topological polar surface area (TPSA) is 81.0 Å². The van der Waals surface area contributed by atoms with E-state index in [0.29, 0.717) is 13.1 Å². The molecule has 1 fully saturated rings. The summed E-state index contributed by atoms with van der Waals surface area (Å²) in [6.07, 6.45) is 8.67. The molecule has 128 valence electrons. The van der Waals surface area contributed by atoms with Crippen molar-refractivity contribution in [2.24, 2.45) is 7.05 Å². The predicted molar refractivity (Wildman–Crippen MR) is 88.0 cm³/mol. The molecule has 0 N–H and O–H groups in total. The first-order chi connectivity index (χ1) is 11.4. The fraction of sp³-hybridized carbons (Fsp3) is 0.562. The Morgan fingerprint density at radius 2 is 2.08 bits per heavy atom. The molecule has 0 aromatic carbocycles. The number of hydrogen-bond acceptors (Lipinski definition) is 5. The number of sulfonamides is 1. The van der Waals surface area contributed by atoms with Gasteiger partial charge in [0.15, 0.2) is 5.03 Å². The summed E-state index contributed by atoms with van der Waals surface area (Å²) >= 11 is 0. The molecule has 1 spiro atoms. The first-order valence-electron chi connectivity index (χ1n) is 8.22. The Kier molecular flexibility index (Phi) is 3.50. The van der Waals surface area contributed by atoms with E-state index in [1.54, 1.807) is 22.1 Å². The maximum Gasteiger partial charge on any atom is 0.262 e. The van der Waals surface area contributed by atoms with E-state index in [2.05, 4.69) is 15.0 Å². The molecule has 3 heterocycles. The highest BCUT2D eigenvalue weighted by molar-refractivity contribution is 7.89. The summed E-state index contributed by atoms with van der Waals surface area (Å²) in [6, 6.07) is 0. The van der Waals surface area contributed by atoms with E-state index in [4.69, 9.17) is 0 Å². The monoisotopic (exact) mass is 347 g/mol. The van der Waals surface area contributed by atoms with Crippen LogP contribution in [0.4, 0.5) is 0 Å². The number of hydrogen-bond donors (Lipinski definition) is 0. The van der Waals surface area contributed by atoms with Gasteiger partial charge < -0.3 is 4.57 Å². The molecule has 7 nitrogen and oxygen atoms in total. The average molecular weight is 347 g/mol. The maximum absolute atomic E-state index is 12.9. The fourth-order valence-electron chi connectivity index (χ4n) is 3.98. The van der Waals surface area contributed by atoms with Crippen molar-refractivity contribution in [3.05, 3.63) is 35.8 Å². The van der Waals surface area contributed by atoms with Crippen molar-refractivity contribution >= 4 is 10.0 Å². The minimum Gasteiger partial charge on any atom is -0.339 e. The molecule has 1 aliphatic heterocycles. The van der Waals surface area contributed by atoms with Crippen molar-refractivity contribution in [2.45, 2.75) is 43.0 Å². The summed E-state index contributed by atoms with van der Waals surface area (Å²) in [5, 5.41) is 0.124. The van der Waals surface area contributed by atoms with Gasteiger partial charge in [0.05, 0.1) is 12.0 Å². The van der Waals surface area contributed by atoms with Gasteiger partial charge in [0.1, 0.15) is 5.82 Å². The maximum atomic E-state index is 12.9. The van der Waals surface area contributed by atoms with Crippen LogP contribution in [0, 0.1) is 6.92 Å². The zero-order valence-corrected chi connectivity index (χ0v) is 14.8. The molecule has 1 saturated heterocycles. The van der Waals surface area contributed by atoms with Gasteiger partial charge in [-0.1, -0.05) is 0 Å². The lowest BCUT2D eigenvalue weighted by Crippen LogP contribution is -2.48. The number of fused-ring (bicyclic) bond motifs is 2. The summed E-state index contributed by atoms with van der Waals surface area (Å²) in [4.78, 5) is 13.0. The standard InChI is InChI=1S/C16H21N5O2S/c1-12-17-8-13-4-6-16(15(13)19-12)5-3-7-21(10-16)24(22,23)14-9-20(2)11-18-14/h8-9,11H,3-7,10H2,1-2H3. The minimum atomic E-state index is -3.56. The highest BCUT2D eigenvalue weighted by Crippen LogP contribution is 2.44. The van der Waals surface area contributed by atoms with Gasteiger partial charge >= 0.3 is 0 Å². The van der Waals surface area contributed by atoms with E-state index >= 15 is 0 Å². The van der Waals surface area contributed by atoms with Gasteiger partial charge in [-0.25, -0.2) is 23.4 Å². The van der Waals surface area contributed by atoms with Gasteiger partial charge in [-0.2, -0.15) is 4.31 Å². The number of aryl methyl sites for hydroxylation is 3. The number of imidazole rings is 1. The lowest BCUT2D eigenvalue weighted by Gasteiger charge is -2.39. The molecule has 1 unspecified atom stereocenters. The lowest BCUT2D eigenvalue weighted by molar-refractivity contribution is 0.219. The predicted octanol–water partition coefficient (Wildman–Crippen LogP) is 1.19. The third kappa shape index (κ3) is 2.36. The van der Waals surface area contributed by atoms with Gasteiger partial charge in [-0.05, 0) is 38.2 Å². The van der Waals surface area contributed by atoms with E-state index < -0.39 is 10.0 Å². The molecule has 2 aromatic rings. The molecule has 0 amide bonds. The molecule has 24 heavy (non-hydrogen) atoms. The molecule has 8 heteroatoms. The molecule has 0 radical (unpaired) electrons. The van der Waals surface area contributed by atoms with Gasteiger partial charge in [0.2, 0.25) is 0 Å². The Labute approximate surface area is 141 Å². The van der Waals surface area contributed by atoms with E-state index in [9.17, 15) is 8.42 Å². The summed E-state index contributed by atoms with van der Waals surface area (Å²) in [5.74, 6) is 0.750. The van der Waals surface area contributed by atoms with Crippen LogP contribution >= 0.6 is 0 Å². The summed E-state index contributed by atoms with van der Waals surface area (Å²) in [6.45, 7) is 2.91. The van der Waals surface area contributed by atoms with Gasteiger partial charge in [-0.15, -0.1) is 0 Å². The van der Waals surface area contributed by atoms with Crippen LogP contribution in [-0.2, 0) is 28.9 Å². The van der Waals surface area contributed by atoms with Crippen molar-refractivity contribution < 1.29 is 8.42 Å². The van der Waals surface area contributed by atoms with Gasteiger partial charge in [0, 0.05) is 37.9 Å². The third-order valence-corrected chi connectivity index (χ3v) is 6.92. The van der Waals surface area contributed by atoms with E-state index in [-0.39, 0.29) is 10.4 Å². The normalized spacial score (nSPS) is 24.4. The first kappa shape index (κ1) is 15.7. The molecule has 1 atom stereocenters. The van der Waals surface area contributed by atoms with Crippen LogP contribution in [0.3, 0.4) is 0 Å². The quantitative estimate of drug-likeness (QED) is 0.815. The Bertz CT molecular complexity index is 888. The van der Waals surface area contributed by atoms with Crippen LogP contribution in [-0.4, -0.2) is 45.3 Å². The molecule has 1 aliphatic carbocycles. The summed E-state index contributed by atoms with van der Waals surface area (Å²) in [5.41, 5.74) is 2.04. The van der Waals surface area contributed by atoms with Crippen molar-refractivity contribution in [1.29, 1.82) is 0 Å². The second-order valence-corrected chi connectivity index (χ2v) is 8.78. The Morgan fingerprint density at radius 3 is 2.83 bits per heavy atom. The fourth-order valence-corrected chi connectivity index (χ4v) is 5.51. The number of nitrogens with zero attached hydrogens (tertiary/aromatic N) is 5. The smallest absolute Gasteiger partial charge is 0.262 e. The SMILES string of the molecule is Cc1ncc2c(n1)C1(CCCN(S(=O)(=O)c3cn(C)cn3)C1)CC2. The molecule has 0 bridgehead atoms. The van der Waals surface area contributed by atoms with Crippen LogP contribution in [0.5, 0.6) is 0 Å². The van der Waals surface area contributed by atoms with E-state index in [1.807, 2.05) is 13.1 Å². The van der Waals surface area contributed by atoms with Crippen LogP contribution in [0.15, 0.2) is 23.7 Å². The largest absolute Gasteiger partial charge is 0.339 e. The molecule has 2 aromatic heterocycles. The summed E-state index contributed by atoms with van der Waals surface area (Å²) < 4.78 is 29.1. The van der Waals surface area contributed by atoms with E-state index in [0.717, 1.165) is 42.8 Å².